The SMILES string of the molecule is Cc1cnc(NC(C)(C)CCc2ccccc2)nc1. The minimum atomic E-state index is -0.0227. The van der Waals surface area contributed by atoms with Crippen LogP contribution in [0, 0.1) is 6.92 Å². The molecule has 3 nitrogen and oxygen atoms in total. The highest BCUT2D eigenvalue weighted by Gasteiger charge is 2.18. The summed E-state index contributed by atoms with van der Waals surface area (Å²) in [6, 6.07) is 10.5. The van der Waals surface area contributed by atoms with Crippen LogP contribution in [0.4, 0.5) is 5.95 Å². The van der Waals surface area contributed by atoms with Crippen LogP contribution in [-0.2, 0) is 6.42 Å². The fraction of sp³-hybridized carbons (Fsp3) is 0.375. The zero-order chi connectivity index (χ0) is 13.7. The highest BCUT2D eigenvalue weighted by molar-refractivity contribution is 5.28. The standard InChI is InChI=1S/C16H21N3/c1-13-11-17-15(18-12-13)19-16(2,3)10-9-14-7-5-4-6-8-14/h4-8,11-12H,9-10H2,1-3H3,(H,17,18,19). The van der Waals surface area contributed by atoms with Crippen LogP contribution >= 0.6 is 0 Å². The molecule has 0 atom stereocenters. The Morgan fingerprint density at radius 2 is 1.68 bits per heavy atom. The lowest BCUT2D eigenvalue weighted by Gasteiger charge is -2.26. The van der Waals surface area contributed by atoms with Crippen LogP contribution in [0.15, 0.2) is 42.7 Å². The average Bonchev–Trinajstić information content (AvgIpc) is 2.40. The Morgan fingerprint density at radius 1 is 1.05 bits per heavy atom. The molecular weight excluding hydrogens is 234 g/mol. The van der Waals surface area contributed by atoms with E-state index in [1.54, 1.807) is 0 Å². The molecule has 0 radical (unpaired) electrons. The Hall–Kier alpha value is -1.90. The van der Waals surface area contributed by atoms with Crippen molar-refractivity contribution < 1.29 is 0 Å². The first-order valence-corrected chi connectivity index (χ1v) is 6.66. The largest absolute Gasteiger partial charge is 0.349 e. The molecule has 100 valence electrons. The second kappa shape index (κ2) is 5.83. The Balaban J connectivity index is 1.93. The van der Waals surface area contributed by atoms with E-state index >= 15 is 0 Å². The predicted molar refractivity (Wildman–Crippen MR) is 79.2 cm³/mol. The Labute approximate surface area is 115 Å². The second-order valence-corrected chi connectivity index (χ2v) is 5.58. The number of nitrogens with zero attached hydrogens (tertiary/aromatic N) is 2. The third-order valence-corrected chi connectivity index (χ3v) is 3.11. The van der Waals surface area contributed by atoms with E-state index in [1.165, 1.54) is 5.56 Å². The first kappa shape index (κ1) is 13.5. The van der Waals surface area contributed by atoms with Gasteiger partial charge in [0.2, 0.25) is 5.95 Å². The normalized spacial score (nSPS) is 11.3. The van der Waals surface area contributed by atoms with E-state index in [0.717, 1.165) is 18.4 Å². The molecule has 0 aliphatic rings. The number of hydrogen-bond donors (Lipinski definition) is 1. The van der Waals surface area contributed by atoms with Crippen molar-refractivity contribution in [3.05, 3.63) is 53.9 Å². The quantitative estimate of drug-likeness (QED) is 0.887. The van der Waals surface area contributed by atoms with E-state index in [1.807, 2.05) is 25.4 Å². The van der Waals surface area contributed by atoms with Gasteiger partial charge < -0.3 is 5.32 Å². The van der Waals surface area contributed by atoms with Crippen molar-refractivity contribution in [1.82, 2.24) is 9.97 Å². The second-order valence-electron chi connectivity index (χ2n) is 5.58. The lowest BCUT2D eigenvalue weighted by Crippen LogP contribution is -2.32. The molecule has 0 saturated heterocycles. The maximum Gasteiger partial charge on any atom is 0.223 e. The van der Waals surface area contributed by atoms with Crippen LogP contribution in [-0.4, -0.2) is 15.5 Å². The van der Waals surface area contributed by atoms with Crippen LogP contribution in [0.1, 0.15) is 31.4 Å². The molecule has 0 fully saturated rings. The van der Waals surface area contributed by atoms with Crippen LogP contribution in [0.2, 0.25) is 0 Å². The Morgan fingerprint density at radius 3 is 2.32 bits per heavy atom. The molecule has 0 unspecified atom stereocenters. The van der Waals surface area contributed by atoms with Gasteiger partial charge in [0.05, 0.1) is 0 Å². The Kier molecular flexibility index (Phi) is 4.15. The number of aryl methyl sites for hydroxylation is 2. The molecule has 19 heavy (non-hydrogen) atoms. The molecular formula is C16H21N3. The molecule has 2 rings (SSSR count). The molecule has 0 saturated carbocycles. The van der Waals surface area contributed by atoms with Gasteiger partial charge in [0.1, 0.15) is 0 Å². The number of benzene rings is 1. The van der Waals surface area contributed by atoms with Gasteiger partial charge in [-0.15, -0.1) is 0 Å². The van der Waals surface area contributed by atoms with E-state index < -0.39 is 0 Å². The summed E-state index contributed by atoms with van der Waals surface area (Å²) in [5.41, 5.74) is 2.42. The zero-order valence-corrected chi connectivity index (χ0v) is 11.9. The fourth-order valence-corrected chi connectivity index (χ4v) is 1.92. The lowest BCUT2D eigenvalue weighted by atomic mass is 9.95. The van der Waals surface area contributed by atoms with Gasteiger partial charge in [-0.1, -0.05) is 30.3 Å². The van der Waals surface area contributed by atoms with Gasteiger partial charge in [-0.3, -0.25) is 0 Å². The van der Waals surface area contributed by atoms with E-state index in [2.05, 4.69) is 53.4 Å². The van der Waals surface area contributed by atoms with Crippen molar-refractivity contribution in [2.75, 3.05) is 5.32 Å². The summed E-state index contributed by atoms with van der Waals surface area (Å²) in [5.74, 6) is 0.698. The monoisotopic (exact) mass is 255 g/mol. The minimum Gasteiger partial charge on any atom is -0.349 e. The molecule has 0 aliphatic heterocycles. The summed E-state index contributed by atoms with van der Waals surface area (Å²) in [4.78, 5) is 8.59. The highest BCUT2D eigenvalue weighted by Crippen LogP contribution is 2.17. The lowest BCUT2D eigenvalue weighted by molar-refractivity contribution is 0.514. The van der Waals surface area contributed by atoms with E-state index in [9.17, 15) is 0 Å². The maximum absolute atomic E-state index is 4.30. The summed E-state index contributed by atoms with van der Waals surface area (Å²) in [6.45, 7) is 6.35. The van der Waals surface area contributed by atoms with Crippen molar-refractivity contribution in [1.29, 1.82) is 0 Å². The van der Waals surface area contributed by atoms with Crippen LogP contribution in [0.3, 0.4) is 0 Å². The van der Waals surface area contributed by atoms with Gasteiger partial charge in [0.15, 0.2) is 0 Å². The molecule has 1 N–H and O–H groups in total. The first-order valence-electron chi connectivity index (χ1n) is 6.66. The topological polar surface area (TPSA) is 37.8 Å². The van der Waals surface area contributed by atoms with Gasteiger partial charge in [0, 0.05) is 17.9 Å². The Bertz CT molecular complexity index is 503. The summed E-state index contributed by atoms with van der Waals surface area (Å²) in [6.07, 6.45) is 5.76. The minimum absolute atomic E-state index is 0.0227. The fourth-order valence-electron chi connectivity index (χ4n) is 1.92. The molecule has 1 aromatic carbocycles. The van der Waals surface area contributed by atoms with Gasteiger partial charge in [0.25, 0.3) is 0 Å². The molecule has 0 amide bonds. The molecule has 0 spiro atoms. The van der Waals surface area contributed by atoms with E-state index in [0.29, 0.717) is 5.95 Å². The van der Waals surface area contributed by atoms with Crippen molar-refractivity contribution in [3.8, 4) is 0 Å². The van der Waals surface area contributed by atoms with Crippen LogP contribution in [0.25, 0.3) is 0 Å². The molecule has 0 bridgehead atoms. The zero-order valence-electron chi connectivity index (χ0n) is 11.9. The van der Waals surface area contributed by atoms with Gasteiger partial charge in [-0.2, -0.15) is 0 Å². The highest BCUT2D eigenvalue weighted by atomic mass is 15.1. The van der Waals surface area contributed by atoms with Crippen molar-refractivity contribution in [2.24, 2.45) is 0 Å². The van der Waals surface area contributed by atoms with E-state index in [4.69, 9.17) is 0 Å². The van der Waals surface area contributed by atoms with Gasteiger partial charge in [-0.05, 0) is 44.7 Å². The summed E-state index contributed by atoms with van der Waals surface area (Å²) in [5, 5.41) is 3.39. The van der Waals surface area contributed by atoms with Gasteiger partial charge in [-0.25, -0.2) is 9.97 Å². The molecule has 3 heteroatoms. The third kappa shape index (κ3) is 4.36. The molecule has 1 heterocycles. The number of rotatable bonds is 5. The molecule has 2 aromatic rings. The van der Waals surface area contributed by atoms with Crippen molar-refractivity contribution in [3.63, 3.8) is 0 Å². The van der Waals surface area contributed by atoms with Gasteiger partial charge >= 0.3 is 0 Å². The molecule has 0 aliphatic carbocycles. The van der Waals surface area contributed by atoms with Crippen LogP contribution in [0.5, 0.6) is 0 Å². The number of hydrogen-bond acceptors (Lipinski definition) is 3. The smallest absolute Gasteiger partial charge is 0.223 e. The number of nitrogens with one attached hydrogen (secondary N) is 1. The predicted octanol–water partition coefficient (Wildman–Crippen LogP) is 3.61. The maximum atomic E-state index is 4.30. The average molecular weight is 255 g/mol. The van der Waals surface area contributed by atoms with Crippen molar-refractivity contribution >= 4 is 5.95 Å². The third-order valence-electron chi connectivity index (χ3n) is 3.11. The number of aromatic nitrogens is 2. The summed E-state index contributed by atoms with van der Waals surface area (Å²) < 4.78 is 0. The summed E-state index contributed by atoms with van der Waals surface area (Å²) >= 11 is 0. The molecule has 1 aromatic heterocycles. The van der Waals surface area contributed by atoms with Crippen molar-refractivity contribution in [2.45, 2.75) is 39.2 Å². The number of anilines is 1. The van der Waals surface area contributed by atoms with E-state index in [-0.39, 0.29) is 5.54 Å². The summed E-state index contributed by atoms with van der Waals surface area (Å²) in [7, 11) is 0. The van der Waals surface area contributed by atoms with Crippen LogP contribution < -0.4 is 5.32 Å². The first-order chi connectivity index (χ1) is 9.05.